The van der Waals surface area contributed by atoms with Crippen molar-refractivity contribution in [3.8, 4) is 0 Å². The standard InChI is InChI=1S/C18H25N3O2/c1-14(2)19-16(22)18(8-9-18)17(23)21-12-10-20(11-13-21)15-6-4-3-5-7-15/h3-7,14H,8-13H2,1-2H3,(H,19,22). The number of nitrogens with one attached hydrogen (secondary N) is 1. The molecule has 3 rings (SSSR count). The first kappa shape index (κ1) is 15.8. The zero-order valence-corrected chi connectivity index (χ0v) is 13.9. The van der Waals surface area contributed by atoms with Gasteiger partial charge in [-0.15, -0.1) is 0 Å². The Morgan fingerprint density at radius 3 is 2.17 bits per heavy atom. The van der Waals surface area contributed by atoms with Crippen LogP contribution in [0.15, 0.2) is 30.3 Å². The van der Waals surface area contributed by atoms with Crippen molar-refractivity contribution in [2.24, 2.45) is 5.41 Å². The number of anilines is 1. The predicted molar refractivity (Wildman–Crippen MR) is 90.2 cm³/mol. The van der Waals surface area contributed by atoms with Gasteiger partial charge in [-0.25, -0.2) is 0 Å². The number of rotatable bonds is 4. The second kappa shape index (κ2) is 6.22. The highest BCUT2D eigenvalue weighted by Crippen LogP contribution is 2.47. The van der Waals surface area contributed by atoms with Crippen molar-refractivity contribution < 1.29 is 9.59 Å². The molecule has 124 valence electrons. The van der Waals surface area contributed by atoms with E-state index in [9.17, 15) is 9.59 Å². The summed E-state index contributed by atoms with van der Waals surface area (Å²) in [6, 6.07) is 10.3. The second-order valence-electron chi connectivity index (χ2n) is 6.83. The molecule has 1 heterocycles. The zero-order chi connectivity index (χ0) is 16.4. The molecule has 0 radical (unpaired) electrons. The van der Waals surface area contributed by atoms with Gasteiger partial charge in [0.05, 0.1) is 0 Å². The van der Waals surface area contributed by atoms with Crippen LogP contribution in [-0.4, -0.2) is 48.9 Å². The van der Waals surface area contributed by atoms with Crippen molar-refractivity contribution >= 4 is 17.5 Å². The lowest BCUT2D eigenvalue weighted by atomic mass is 10.0. The van der Waals surface area contributed by atoms with Crippen molar-refractivity contribution in [3.63, 3.8) is 0 Å². The fourth-order valence-electron chi connectivity index (χ4n) is 3.17. The van der Waals surface area contributed by atoms with Crippen LogP contribution in [0, 0.1) is 5.41 Å². The first-order chi connectivity index (χ1) is 11.0. The maximum absolute atomic E-state index is 12.8. The van der Waals surface area contributed by atoms with E-state index in [1.54, 1.807) is 0 Å². The van der Waals surface area contributed by atoms with Crippen LogP contribution < -0.4 is 10.2 Å². The summed E-state index contributed by atoms with van der Waals surface area (Å²) in [5, 5.41) is 2.90. The lowest BCUT2D eigenvalue weighted by molar-refractivity contribution is -0.144. The molecule has 1 aromatic carbocycles. The van der Waals surface area contributed by atoms with Gasteiger partial charge in [-0.2, -0.15) is 0 Å². The molecule has 0 spiro atoms. The number of nitrogens with zero attached hydrogens (tertiary/aromatic N) is 2. The minimum atomic E-state index is -0.779. The number of amides is 2. The normalized spacial score (nSPS) is 19.6. The van der Waals surface area contributed by atoms with Crippen molar-refractivity contribution in [1.82, 2.24) is 10.2 Å². The molecule has 1 aliphatic heterocycles. The van der Waals surface area contributed by atoms with E-state index < -0.39 is 5.41 Å². The molecule has 2 amide bonds. The van der Waals surface area contributed by atoms with Crippen LogP contribution >= 0.6 is 0 Å². The Bertz CT molecular complexity index is 573. The highest BCUT2D eigenvalue weighted by Gasteiger charge is 2.58. The van der Waals surface area contributed by atoms with Crippen molar-refractivity contribution in [3.05, 3.63) is 30.3 Å². The average Bonchev–Trinajstić information content (AvgIpc) is 3.36. The molecule has 5 nitrogen and oxygen atoms in total. The molecule has 1 aromatic rings. The van der Waals surface area contributed by atoms with Gasteiger partial charge in [0.15, 0.2) is 0 Å². The highest BCUT2D eigenvalue weighted by molar-refractivity contribution is 6.08. The van der Waals surface area contributed by atoms with E-state index in [-0.39, 0.29) is 17.9 Å². The minimum Gasteiger partial charge on any atom is -0.368 e. The zero-order valence-electron chi connectivity index (χ0n) is 13.9. The number of piperazine rings is 1. The maximum Gasteiger partial charge on any atom is 0.238 e. The van der Waals surface area contributed by atoms with E-state index in [1.165, 1.54) is 5.69 Å². The summed E-state index contributed by atoms with van der Waals surface area (Å²) >= 11 is 0. The van der Waals surface area contributed by atoms with Crippen LogP contribution in [0.3, 0.4) is 0 Å². The number of benzene rings is 1. The largest absolute Gasteiger partial charge is 0.368 e. The Hall–Kier alpha value is -2.04. The number of hydrogen-bond donors (Lipinski definition) is 1. The third-order valence-electron chi connectivity index (χ3n) is 4.70. The summed E-state index contributed by atoms with van der Waals surface area (Å²) in [4.78, 5) is 29.3. The molecule has 0 unspecified atom stereocenters. The summed E-state index contributed by atoms with van der Waals surface area (Å²) in [6.45, 7) is 6.86. The van der Waals surface area contributed by atoms with Gasteiger partial charge in [0.25, 0.3) is 0 Å². The van der Waals surface area contributed by atoms with Gasteiger partial charge < -0.3 is 15.1 Å². The molecule has 0 aromatic heterocycles. The SMILES string of the molecule is CC(C)NC(=O)C1(C(=O)N2CCN(c3ccccc3)CC2)CC1. The first-order valence-electron chi connectivity index (χ1n) is 8.43. The molecule has 2 aliphatic rings. The lowest BCUT2D eigenvalue weighted by Gasteiger charge is -2.37. The van der Waals surface area contributed by atoms with Crippen LogP contribution in [0.2, 0.25) is 0 Å². The Kier molecular flexibility index (Phi) is 4.28. The molecule has 0 bridgehead atoms. The summed E-state index contributed by atoms with van der Waals surface area (Å²) in [5.41, 5.74) is 0.414. The maximum atomic E-state index is 12.8. The molecule has 1 aliphatic carbocycles. The number of carbonyl (C=O) groups is 2. The van der Waals surface area contributed by atoms with Crippen molar-refractivity contribution in [1.29, 1.82) is 0 Å². The molecule has 0 atom stereocenters. The second-order valence-corrected chi connectivity index (χ2v) is 6.83. The van der Waals surface area contributed by atoms with Crippen LogP contribution in [-0.2, 0) is 9.59 Å². The monoisotopic (exact) mass is 315 g/mol. The summed E-state index contributed by atoms with van der Waals surface area (Å²) in [7, 11) is 0. The number of hydrogen-bond acceptors (Lipinski definition) is 3. The molecular formula is C18H25N3O2. The topological polar surface area (TPSA) is 52.7 Å². The molecule has 1 saturated heterocycles. The van der Waals surface area contributed by atoms with Gasteiger partial charge >= 0.3 is 0 Å². The Balaban J connectivity index is 1.59. The van der Waals surface area contributed by atoms with E-state index >= 15 is 0 Å². The summed E-state index contributed by atoms with van der Waals surface area (Å²) < 4.78 is 0. The van der Waals surface area contributed by atoms with Crippen LogP contribution in [0.25, 0.3) is 0 Å². The van der Waals surface area contributed by atoms with E-state index in [0.717, 1.165) is 13.1 Å². The molecule has 23 heavy (non-hydrogen) atoms. The van der Waals surface area contributed by atoms with Crippen LogP contribution in [0.4, 0.5) is 5.69 Å². The summed E-state index contributed by atoms with van der Waals surface area (Å²) in [5.74, 6) is -0.0775. The van der Waals surface area contributed by atoms with E-state index in [4.69, 9.17) is 0 Å². The number of para-hydroxylation sites is 1. The van der Waals surface area contributed by atoms with Gasteiger partial charge in [-0.1, -0.05) is 18.2 Å². The van der Waals surface area contributed by atoms with Crippen molar-refractivity contribution in [2.45, 2.75) is 32.7 Å². The minimum absolute atomic E-state index is 0.0170. The smallest absolute Gasteiger partial charge is 0.238 e. The van der Waals surface area contributed by atoms with Gasteiger partial charge in [0.2, 0.25) is 11.8 Å². The molecule has 2 fully saturated rings. The average molecular weight is 315 g/mol. The van der Waals surface area contributed by atoms with Gasteiger partial charge in [0, 0.05) is 37.9 Å². The predicted octanol–water partition coefficient (Wildman–Crippen LogP) is 1.64. The van der Waals surface area contributed by atoms with E-state index in [0.29, 0.717) is 25.9 Å². The fraction of sp³-hybridized carbons (Fsp3) is 0.556. The quantitative estimate of drug-likeness (QED) is 0.860. The third kappa shape index (κ3) is 3.19. The Morgan fingerprint density at radius 2 is 1.65 bits per heavy atom. The highest BCUT2D eigenvalue weighted by atomic mass is 16.2. The molecular weight excluding hydrogens is 290 g/mol. The van der Waals surface area contributed by atoms with E-state index in [1.807, 2.05) is 36.9 Å². The fourth-order valence-corrected chi connectivity index (χ4v) is 3.17. The Morgan fingerprint density at radius 1 is 1.04 bits per heavy atom. The van der Waals surface area contributed by atoms with Crippen LogP contribution in [0.5, 0.6) is 0 Å². The van der Waals surface area contributed by atoms with Gasteiger partial charge in [-0.05, 0) is 38.8 Å². The summed E-state index contributed by atoms with van der Waals surface area (Å²) in [6.07, 6.45) is 1.37. The van der Waals surface area contributed by atoms with Gasteiger partial charge in [-0.3, -0.25) is 9.59 Å². The van der Waals surface area contributed by atoms with Crippen LogP contribution in [0.1, 0.15) is 26.7 Å². The molecule has 5 heteroatoms. The third-order valence-corrected chi connectivity index (χ3v) is 4.70. The lowest BCUT2D eigenvalue weighted by Crippen LogP contribution is -2.53. The molecule has 1 saturated carbocycles. The van der Waals surface area contributed by atoms with E-state index in [2.05, 4.69) is 22.3 Å². The Labute approximate surface area is 137 Å². The van der Waals surface area contributed by atoms with Gasteiger partial charge in [0.1, 0.15) is 5.41 Å². The first-order valence-corrected chi connectivity index (χ1v) is 8.43. The number of carbonyl (C=O) groups excluding carboxylic acids is 2. The van der Waals surface area contributed by atoms with Crippen molar-refractivity contribution in [2.75, 3.05) is 31.1 Å². The molecule has 1 N–H and O–H groups in total.